The lowest BCUT2D eigenvalue weighted by molar-refractivity contribution is -0.141. The Balaban J connectivity index is 2.45. The highest BCUT2D eigenvalue weighted by molar-refractivity contribution is 5.98. The maximum absolute atomic E-state index is 12.4. The second kappa shape index (κ2) is 5.95. The number of carboxylic acid groups (broad SMARTS) is 1. The molecule has 1 N–H and O–H groups in total. The third-order valence-electron chi connectivity index (χ3n) is 3.27. The van der Waals surface area contributed by atoms with Crippen molar-refractivity contribution in [2.24, 2.45) is 5.92 Å². The van der Waals surface area contributed by atoms with Gasteiger partial charge in [0.2, 0.25) is 0 Å². The monoisotopic (exact) mass is 290 g/mol. The summed E-state index contributed by atoms with van der Waals surface area (Å²) in [4.78, 5) is 27.6. The number of aryl methyl sites for hydroxylation is 1. The summed E-state index contributed by atoms with van der Waals surface area (Å²) in [5, 5.41) is 8.93. The number of ketones is 1. The first kappa shape index (κ1) is 15.0. The minimum Gasteiger partial charge on any atom is -0.490 e. The fourth-order valence-electron chi connectivity index (χ4n) is 2.22. The van der Waals surface area contributed by atoms with Gasteiger partial charge in [0.05, 0.1) is 18.2 Å². The molecule has 0 spiro atoms. The lowest BCUT2D eigenvalue weighted by atomic mass is 10.0. The molecule has 0 aromatic carbocycles. The number of aliphatic carboxylic acids is 1. The van der Waals surface area contributed by atoms with Gasteiger partial charge in [-0.25, -0.2) is 4.98 Å². The van der Waals surface area contributed by atoms with Crippen molar-refractivity contribution in [1.82, 2.24) is 9.38 Å². The molecule has 2 heterocycles. The average Bonchev–Trinajstić information content (AvgIpc) is 2.76. The van der Waals surface area contributed by atoms with Crippen molar-refractivity contribution in [2.75, 3.05) is 6.61 Å². The highest BCUT2D eigenvalue weighted by Crippen LogP contribution is 2.23. The number of carboxylic acids is 1. The van der Waals surface area contributed by atoms with Crippen molar-refractivity contribution in [1.29, 1.82) is 0 Å². The van der Waals surface area contributed by atoms with Crippen molar-refractivity contribution in [3.8, 4) is 5.75 Å². The standard InChI is InChI=1S/C15H18N2O4/c1-4-21-12-6-5-7-17-13(10(3)16-14(12)17)11(18)8-9(2)15(19)20/h5-7,9H,4,8H2,1-3H3,(H,19,20)/t9-/m0/s1. The number of aromatic nitrogens is 2. The number of carbonyl (C=O) groups is 2. The zero-order valence-electron chi connectivity index (χ0n) is 12.3. The number of imidazole rings is 1. The van der Waals surface area contributed by atoms with Crippen LogP contribution in [0.4, 0.5) is 0 Å². The molecule has 0 saturated heterocycles. The minimum absolute atomic E-state index is 0.0527. The van der Waals surface area contributed by atoms with Crippen molar-refractivity contribution >= 4 is 17.4 Å². The van der Waals surface area contributed by atoms with Crippen LogP contribution in [0.25, 0.3) is 5.65 Å². The smallest absolute Gasteiger partial charge is 0.306 e. The maximum Gasteiger partial charge on any atom is 0.306 e. The topological polar surface area (TPSA) is 80.9 Å². The first-order chi connectivity index (χ1) is 9.95. The molecule has 0 fully saturated rings. The summed E-state index contributed by atoms with van der Waals surface area (Å²) < 4.78 is 7.16. The van der Waals surface area contributed by atoms with E-state index >= 15 is 0 Å². The zero-order valence-corrected chi connectivity index (χ0v) is 12.3. The molecule has 21 heavy (non-hydrogen) atoms. The second-order valence-electron chi connectivity index (χ2n) is 4.91. The molecule has 6 nitrogen and oxygen atoms in total. The van der Waals surface area contributed by atoms with Gasteiger partial charge in [-0.1, -0.05) is 6.92 Å². The number of hydrogen-bond donors (Lipinski definition) is 1. The van der Waals surface area contributed by atoms with Crippen LogP contribution in [-0.2, 0) is 4.79 Å². The van der Waals surface area contributed by atoms with Gasteiger partial charge in [-0.15, -0.1) is 0 Å². The van der Waals surface area contributed by atoms with Gasteiger partial charge in [0.1, 0.15) is 5.69 Å². The Labute approximate surface area is 122 Å². The first-order valence-electron chi connectivity index (χ1n) is 6.82. The second-order valence-corrected chi connectivity index (χ2v) is 4.91. The van der Waals surface area contributed by atoms with Crippen LogP contribution in [0.2, 0.25) is 0 Å². The molecule has 0 radical (unpaired) electrons. The van der Waals surface area contributed by atoms with Crippen molar-refractivity contribution in [3.63, 3.8) is 0 Å². The first-order valence-corrected chi connectivity index (χ1v) is 6.82. The molecule has 0 bridgehead atoms. The molecule has 0 aliphatic carbocycles. The van der Waals surface area contributed by atoms with Gasteiger partial charge in [-0.2, -0.15) is 0 Å². The summed E-state index contributed by atoms with van der Waals surface area (Å²) in [6, 6.07) is 3.57. The fraction of sp³-hybridized carbons (Fsp3) is 0.400. The van der Waals surface area contributed by atoms with Crippen LogP contribution in [0.5, 0.6) is 5.75 Å². The molecule has 2 aromatic rings. The Hall–Kier alpha value is -2.37. The number of hydrogen-bond acceptors (Lipinski definition) is 4. The molecule has 0 aliphatic rings. The molecule has 0 saturated carbocycles. The van der Waals surface area contributed by atoms with Crippen LogP contribution in [-0.4, -0.2) is 32.9 Å². The van der Waals surface area contributed by atoms with E-state index < -0.39 is 11.9 Å². The molecule has 1 atom stereocenters. The van der Waals surface area contributed by atoms with E-state index in [-0.39, 0.29) is 12.2 Å². The summed E-state index contributed by atoms with van der Waals surface area (Å²) in [6.07, 6.45) is 1.68. The van der Waals surface area contributed by atoms with Crippen LogP contribution in [0.3, 0.4) is 0 Å². The van der Waals surface area contributed by atoms with E-state index in [1.807, 2.05) is 6.92 Å². The van der Waals surface area contributed by atoms with Gasteiger partial charge in [-0.3, -0.25) is 14.0 Å². The quantitative estimate of drug-likeness (QED) is 0.826. The van der Waals surface area contributed by atoms with E-state index in [1.54, 1.807) is 29.7 Å². The van der Waals surface area contributed by atoms with Crippen molar-refractivity contribution < 1.29 is 19.4 Å². The van der Waals surface area contributed by atoms with Gasteiger partial charge in [0.15, 0.2) is 17.2 Å². The van der Waals surface area contributed by atoms with Crippen LogP contribution in [0.1, 0.15) is 36.5 Å². The zero-order chi connectivity index (χ0) is 15.6. The Kier molecular flexibility index (Phi) is 4.26. The molecule has 0 aliphatic heterocycles. The van der Waals surface area contributed by atoms with Gasteiger partial charge >= 0.3 is 5.97 Å². The Morgan fingerprint density at radius 3 is 2.81 bits per heavy atom. The highest BCUT2D eigenvalue weighted by atomic mass is 16.5. The van der Waals surface area contributed by atoms with E-state index in [4.69, 9.17) is 9.84 Å². The predicted molar refractivity (Wildman–Crippen MR) is 76.8 cm³/mol. The van der Waals surface area contributed by atoms with E-state index in [0.717, 1.165) is 0 Å². The van der Waals surface area contributed by atoms with E-state index in [1.165, 1.54) is 6.92 Å². The number of ether oxygens (including phenoxy) is 1. The summed E-state index contributed by atoms with van der Waals surface area (Å²) in [5.74, 6) is -1.33. The van der Waals surface area contributed by atoms with Crippen molar-refractivity contribution in [3.05, 3.63) is 29.7 Å². The van der Waals surface area contributed by atoms with E-state index in [0.29, 0.717) is 29.4 Å². The Morgan fingerprint density at radius 1 is 1.48 bits per heavy atom. The molecule has 112 valence electrons. The molecule has 6 heteroatoms. The van der Waals surface area contributed by atoms with Gasteiger partial charge in [-0.05, 0) is 26.0 Å². The van der Waals surface area contributed by atoms with Crippen LogP contribution in [0, 0.1) is 12.8 Å². The molecular formula is C15H18N2O4. The van der Waals surface area contributed by atoms with Gasteiger partial charge < -0.3 is 9.84 Å². The van der Waals surface area contributed by atoms with Crippen molar-refractivity contribution in [2.45, 2.75) is 27.2 Å². The molecule has 2 aromatic heterocycles. The fourth-order valence-corrected chi connectivity index (χ4v) is 2.22. The van der Waals surface area contributed by atoms with Crippen LogP contribution >= 0.6 is 0 Å². The third kappa shape index (κ3) is 2.89. The number of nitrogens with zero attached hydrogens (tertiary/aromatic N) is 2. The van der Waals surface area contributed by atoms with E-state index in [9.17, 15) is 9.59 Å². The highest BCUT2D eigenvalue weighted by Gasteiger charge is 2.22. The molecule has 0 amide bonds. The van der Waals surface area contributed by atoms with E-state index in [2.05, 4.69) is 4.98 Å². The van der Waals surface area contributed by atoms with Gasteiger partial charge in [0.25, 0.3) is 0 Å². The summed E-state index contributed by atoms with van der Waals surface area (Å²) in [6.45, 7) is 5.64. The maximum atomic E-state index is 12.4. The number of rotatable bonds is 6. The van der Waals surface area contributed by atoms with Gasteiger partial charge in [0, 0.05) is 12.6 Å². The summed E-state index contributed by atoms with van der Waals surface area (Å²) >= 11 is 0. The number of pyridine rings is 1. The minimum atomic E-state index is -0.982. The predicted octanol–water partition coefficient (Wildman–Crippen LogP) is 2.33. The molecule has 2 rings (SSSR count). The normalized spacial score (nSPS) is 12.3. The average molecular weight is 290 g/mol. The summed E-state index contributed by atoms with van der Waals surface area (Å²) in [7, 11) is 0. The number of Topliss-reactive ketones (excluding diaryl/α,β-unsaturated/α-hetero) is 1. The lowest BCUT2D eigenvalue weighted by Crippen LogP contribution is -2.16. The molecular weight excluding hydrogens is 272 g/mol. The number of carbonyl (C=O) groups excluding carboxylic acids is 1. The molecule has 0 unspecified atom stereocenters. The number of fused-ring (bicyclic) bond motifs is 1. The SMILES string of the molecule is CCOc1cccn2c(C(=O)C[C@H](C)C(=O)O)c(C)nc12. The summed E-state index contributed by atoms with van der Waals surface area (Å²) in [5.41, 5.74) is 1.56. The van der Waals surface area contributed by atoms with Crippen LogP contribution < -0.4 is 4.74 Å². The van der Waals surface area contributed by atoms with Crippen LogP contribution in [0.15, 0.2) is 18.3 Å². The Morgan fingerprint density at radius 2 is 2.19 bits per heavy atom. The third-order valence-corrected chi connectivity index (χ3v) is 3.27. The lowest BCUT2D eigenvalue weighted by Gasteiger charge is -2.07. The largest absolute Gasteiger partial charge is 0.490 e. The Bertz CT molecular complexity index is 690.